The highest BCUT2D eigenvalue weighted by Gasteiger charge is 2.30. The van der Waals surface area contributed by atoms with E-state index in [1.54, 1.807) is 0 Å². The van der Waals surface area contributed by atoms with Crippen LogP contribution in [0.25, 0.3) is 0 Å². The predicted octanol–water partition coefficient (Wildman–Crippen LogP) is 23.5. The molecule has 98 heavy (non-hydrogen) atoms. The number of carbonyl (C=O) groups excluding carboxylic acids is 4. The zero-order valence-electron chi connectivity index (χ0n) is 64.1. The molecule has 0 aromatic heterocycles. The molecule has 2 unspecified atom stereocenters. The van der Waals surface area contributed by atoms with Crippen LogP contribution in [0.5, 0.6) is 0 Å². The van der Waals surface area contributed by atoms with Crippen LogP contribution in [-0.4, -0.2) is 96.7 Å². The Labute approximate surface area is 600 Å². The van der Waals surface area contributed by atoms with Crippen LogP contribution in [0.15, 0.2) is 0 Å². The Morgan fingerprint density at radius 1 is 0.276 bits per heavy atom. The fourth-order valence-corrected chi connectivity index (χ4v) is 13.8. The van der Waals surface area contributed by atoms with Crippen LogP contribution in [0.3, 0.4) is 0 Å². The summed E-state index contributed by atoms with van der Waals surface area (Å²) < 4.78 is 68.7. The minimum absolute atomic E-state index is 0.106. The molecule has 19 heteroatoms. The molecule has 582 valence electrons. The smallest absolute Gasteiger partial charge is 0.462 e. The second-order valence-electron chi connectivity index (χ2n) is 29.4. The summed E-state index contributed by atoms with van der Waals surface area (Å²) in [6.45, 7) is 9.62. The molecule has 3 N–H and O–H groups in total. The predicted molar refractivity (Wildman–Crippen MR) is 400 cm³/mol. The molecule has 0 bridgehead atoms. The molecule has 0 radical (unpaired) electrons. The average molecular weight is 1440 g/mol. The van der Waals surface area contributed by atoms with E-state index >= 15 is 0 Å². The van der Waals surface area contributed by atoms with Gasteiger partial charge >= 0.3 is 39.5 Å². The topological polar surface area (TPSA) is 237 Å². The Morgan fingerprint density at radius 3 is 0.694 bits per heavy atom. The second-order valence-corrected chi connectivity index (χ2v) is 32.3. The summed E-state index contributed by atoms with van der Waals surface area (Å²) in [7, 11) is -9.92. The molecule has 17 nitrogen and oxygen atoms in total. The number of phosphoric ester groups is 2. The van der Waals surface area contributed by atoms with Crippen molar-refractivity contribution in [3.8, 4) is 0 Å². The van der Waals surface area contributed by atoms with Gasteiger partial charge in [-0.1, -0.05) is 363 Å². The first kappa shape index (κ1) is 96.1. The van der Waals surface area contributed by atoms with Crippen molar-refractivity contribution in [2.45, 2.75) is 432 Å². The molecular weight excluding hydrogens is 1280 g/mol. The number of aliphatic hydroxyl groups is 1. The lowest BCUT2D eigenvalue weighted by molar-refractivity contribution is -0.161. The maximum Gasteiger partial charge on any atom is 0.472 e. The minimum Gasteiger partial charge on any atom is -0.462 e. The van der Waals surface area contributed by atoms with Gasteiger partial charge in [0.15, 0.2) is 12.2 Å². The first-order chi connectivity index (χ1) is 47.4. The van der Waals surface area contributed by atoms with Crippen LogP contribution >= 0.6 is 15.6 Å². The highest BCUT2D eigenvalue weighted by atomic mass is 31.2. The van der Waals surface area contributed by atoms with Crippen LogP contribution in [0.1, 0.15) is 414 Å². The van der Waals surface area contributed by atoms with Gasteiger partial charge in [-0.15, -0.1) is 0 Å². The highest BCUT2D eigenvalue weighted by Crippen LogP contribution is 2.45. The highest BCUT2D eigenvalue weighted by molar-refractivity contribution is 7.47. The molecule has 0 aliphatic rings. The summed E-state index contributed by atoms with van der Waals surface area (Å²) in [5, 5.41) is 10.6. The molecule has 0 aromatic rings. The van der Waals surface area contributed by atoms with Crippen molar-refractivity contribution in [1.29, 1.82) is 0 Å². The van der Waals surface area contributed by atoms with Crippen molar-refractivity contribution < 1.29 is 80.2 Å². The van der Waals surface area contributed by atoms with Gasteiger partial charge < -0.3 is 33.8 Å². The standard InChI is InChI=1S/C79H154O17P2/c1-7-9-11-13-15-17-19-21-22-23-24-28-32-38-44-50-56-62-77(82)90-67-74(95-78(83)63-57-51-45-39-33-29-26-25-27-30-35-41-47-53-59-71(3)4)69-93-97(85,86)91-65-73(80)66-92-98(87,88)94-70-75(96-79(84)64-58-52-46-40-34-36-42-48-54-60-72(5)6)68-89-76(81)61-55-49-43-37-31-20-18-16-14-12-10-8-2/h71-75,80H,7-70H2,1-6H3,(H,85,86)(H,87,88)/t73-,74-,75-/m1/s1. The number of phosphoric acid groups is 2. The quantitative estimate of drug-likeness (QED) is 0.0222. The number of ether oxygens (including phenoxy) is 4. The first-order valence-corrected chi connectivity index (χ1v) is 44.0. The average Bonchev–Trinajstić information content (AvgIpc) is 1.16. The van der Waals surface area contributed by atoms with Gasteiger partial charge in [-0.25, -0.2) is 9.13 Å². The summed E-state index contributed by atoms with van der Waals surface area (Å²) in [4.78, 5) is 73.0. The van der Waals surface area contributed by atoms with Gasteiger partial charge in [-0.2, -0.15) is 0 Å². The van der Waals surface area contributed by atoms with Crippen molar-refractivity contribution >= 4 is 39.5 Å². The molecule has 0 rings (SSSR count). The van der Waals surface area contributed by atoms with Gasteiger partial charge in [-0.3, -0.25) is 37.3 Å². The fraction of sp³-hybridized carbons (Fsp3) is 0.949. The number of carbonyl (C=O) groups is 4. The van der Waals surface area contributed by atoms with Gasteiger partial charge in [0.1, 0.15) is 19.3 Å². The third-order valence-electron chi connectivity index (χ3n) is 18.5. The molecule has 0 aliphatic carbocycles. The lowest BCUT2D eigenvalue weighted by Gasteiger charge is -2.21. The van der Waals surface area contributed by atoms with Gasteiger partial charge in [0.05, 0.1) is 26.4 Å². The van der Waals surface area contributed by atoms with Gasteiger partial charge in [0, 0.05) is 25.7 Å². The molecule has 0 heterocycles. The second kappa shape index (κ2) is 70.7. The molecular formula is C79H154O17P2. The fourth-order valence-electron chi connectivity index (χ4n) is 12.2. The monoisotopic (exact) mass is 1440 g/mol. The van der Waals surface area contributed by atoms with Crippen LogP contribution in [0.2, 0.25) is 0 Å². The van der Waals surface area contributed by atoms with Crippen LogP contribution in [-0.2, 0) is 65.4 Å². The number of esters is 4. The van der Waals surface area contributed by atoms with Crippen LogP contribution in [0, 0.1) is 11.8 Å². The lowest BCUT2D eigenvalue weighted by Crippen LogP contribution is -2.30. The van der Waals surface area contributed by atoms with E-state index in [1.165, 1.54) is 231 Å². The van der Waals surface area contributed by atoms with Crippen molar-refractivity contribution in [2.24, 2.45) is 11.8 Å². The zero-order chi connectivity index (χ0) is 72.1. The molecule has 0 amide bonds. The molecule has 0 saturated carbocycles. The number of hydrogen-bond acceptors (Lipinski definition) is 15. The van der Waals surface area contributed by atoms with E-state index in [0.29, 0.717) is 25.7 Å². The number of hydrogen-bond donors (Lipinski definition) is 3. The molecule has 5 atom stereocenters. The summed E-state index contributed by atoms with van der Waals surface area (Å²) >= 11 is 0. The van der Waals surface area contributed by atoms with E-state index in [9.17, 15) is 43.2 Å². The Balaban J connectivity index is 5.25. The third-order valence-corrected chi connectivity index (χ3v) is 20.4. The normalized spacial score (nSPS) is 13.9. The van der Waals surface area contributed by atoms with E-state index in [0.717, 1.165) is 102 Å². The Hall–Kier alpha value is -1.94. The molecule has 0 saturated heterocycles. The van der Waals surface area contributed by atoms with Crippen LogP contribution < -0.4 is 0 Å². The largest absolute Gasteiger partial charge is 0.472 e. The van der Waals surface area contributed by atoms with Crippen LogP contribution in [0.4, 0.5) is 0 Å². The van der Waals surface area contributed by atoms with E-state index < -0.39 is 97.5 Å². The van der Waals surface area contributed by atoms with E-state index in [2.05, 4.69) is 41.5 Å². The van der Waals surface area contributed by atoms with E-state index in [-0.39, 0.29) is 25.7 Å². The maximum absolute atomic E-state index is 13.1. The van der Waals surface area contributed by atoms with Gasteiger partial charge in [0.25, 0.3) is 0 Å². The third kappa shape index (κ3) is 72.4. The summed E-state index contributed by atoms with van der Waals surface area (Å²) in [6, 6.07) is 0. The SMILES string of the molecule is CCCCCCCCCCCCCCCCCCCC(=O)OC[C@H](COP(=O)(O)OC[C@@H](O)COP(=O)(O)OC[C@@H](COC(=O)CCCCCCCCCCCCCC)OC(=O)CCCCCCCCCCCC(C)C)OC(=O)CCCCCCCCCCCCCCCCC(C)C. The van der Waals surface area contributed by atoms with Gasteiger partial charge in [-0.05, 0) is 37.5 Å². The van der Waals surface area contributed by atoms with E-state index in [1.807, 2.05) is 0 Å². The van der Waals surface area contributed by atoms with Gasteiger partial charge in [0.2, 0.25) is 0 Å². The molecule has 0 aromatic carbocycles. The van der Waals surface area contributed by atoms with Crippen molar-refractivity contribution in [3.05, 3.63) is 0 Å². The maximum atomic E-state index is 13.1. The molecule has 0 aliphatic heterocycles. The first-order valence-electron chi connectivity index (χ1n) is 41.0. The minimum atomic E-state index is -4.96. The Morgan fingerprint density at radius 2 is 0.469 bits per heavy atom. The van der Waals surface area contributed by atoms with E-state index in [4.69, 9.17) is 37.0 Å². The van der Waals surface area contributed by atoms with Crippen molar-refractivity contribution in [2.75, 3.05) is 39.6 Å². The molecule has 0 spiro atoms. The Kier molecular flexibility index (Phi) is 69.3. The zero-order valence-corrected chi connectivity index (χ0v) is 65.9. The number of rotatable bonds is 78. The summed E-state index contributed by atoms with van der Waals surface area (Å²) in [5.41, 5.74) is 0. The molecule has 0 fully saturated rings. The lowest BCUT2D eigenvalue weighted by atomic mass is 10.0. The summed E-state index contributed by atoms with van der Waals surface area (Å²) in [5.74, 6) is -0.578. The van der Waals surface area contributed by atoms with Crippen molar-refractivity contribution in [1.82, 2.24) is 0 Å². The van der Waals surface area contributed by atoms with Crippen molar-refractivity contribution in [3.63, 3.8) is 0 Å². The summed E-state index contributed by atoms with van der Waals surface area (Å²) in [6.07, 6.45) is 59.6. The Bertz CT molecular complexity index is 1890. The number of aliphatic hydroxyl groups excluding tert-OH is 1. The number of unbranched alkanes of at least 4 members (excludes halogenated alkanes) is 48.